The van der Waals surface area contributed by atoms with Gasteiger partial charge < -0.3 is 25.4 Å². The molecule has 4 N–H and O–H groups in total. The average Bonchev–Trinajstić information content (AvgIpc) is 2.82. The van der Waals surface area contributed by atoms with Gasteiger partial charge in [-0.15, -0.1) is 0 Å². The minimum Gasteiger partial charge on any atom is -0.490 e. The highest BCUT2D eigenvalue weighted by Gasteiger charge is 2.15. The van der Waals surface area contributed by atoms with Crippen molar-refractivity contribution in [2.45, 2.75) is 38.5 Å². The fourth-order valence-corrected chi connectivity index (χ4v) is 3.62. The summed E-state index contributed by atoms with van der Waals surface area (Å²) in [6.45, 7) is 4.02. The van der Waals surface area contributed by atoms with Gasteiger partial charge in [0.1, 0.15) is 11.3 Å². The summed E-state index contributed by atoms with van der Waals surface area (Å²) in [6.07, 6.45) is -0.166. The first-order valence-corrected chi connectivity index (χ1v) is 11.1. The van der Waals surface area contributed by atoms with Crippen molar-refractivity contribution >= 4 is 5.97 Å². The van der Waals surface area contributed by atoms with Crippen LogP contribution in [0.25, 0.3) is 11.1 Å². The Morgan fingerprint density at radius 2 is 1.64 bits per heavy atom. The predicted octanol–water partition coefficient (Wildman–Crippen LogP) is 4.07. The number of benzene rings is 3. The van der Waals surface area contributed by atoms with Crippen LogP contribution in [0.15, 0.2) is 72.8 Å². The van der Waals surface area contributed by atoms with E-state index in [1.165, 1.54) is 0 Å². The SMILES string of the molecule is CC(C)Oc1cc(-c2ccc(C[C@H](CO)NC[C@H](O)c3ccccc3)cc2)ccc1C(=O)O. The molecule has 33 heavy (non-hydrogen) atoms. The fraction of sp³-hybridized carbons (Fsp3) is 0.296. The summed E-state index contributed by atoms with van der Waals surface area (Å²) in [5.41, 5.74) is 3.82. The van der Waals surface area contributed by atoms with Crippen molar-refractivity contribution in [2.75, 3.05) is 13.2 Å². The number of carboxylic acids is 1. The van der Waals surface area contributed by atoms with E-state index in [1.807, 2.05) is 68.4 Å². The van der Waals surface area contributed by atoms with Crippen molar-refractivity contribution in [1.29, 1.82) is 0 Å². The van der Waals surface area contributed by atoms with Gasteiger partial charge in [-0.3, -0.25) is 0 Å². The van der Waals surface area contributed by atoms with E-state index < -0.39 is 12.1 Å². The highest BCUT2D eigenvalue weighted by Crippen LogP contribution is 2.29. The first-order chi connectivity index (χ1) is 15.9. The van der Waals surface area contributed by atoms with E-state index in [0.29, 0.717) is 18.7 Å². The smallest absolute Gasteiger partial charge is 0.339 e. The standard InChI is InChI=1S/C27H31NO5/c1-18(2)33-26-15-22(12-13-24(26)27(31)32)20-10-8-19(9-11-20)14-23(17-29)28-16-25(30)21-6-4-3-5-7-21/h3-13,15,18,23,25,28-30H,14,16-17H2,1-2H3,(H,31,32)/t23-,25+/m1/s1. The molecule has 0 bridgehead atoms. The Morgan fingerprint density at radius 3 is 2.24 bits per heavy atom. The summed E-state index contributed by atoms with van der Waals surface area (Å²) in [5, 5.41) is 32.7. The zero-order valence-corrected chi connectivity index (χ0v) is 18.9. The lowest BCUT2D eigenvalue weighted by molar-refractivity contribution is 0.0690. The van der Waals surface area contributed by atoms with Crippen LogP contribution in [0.1, 0.15) is 41.4 Å². The first-order valence-electron chi connectivity index (χ1n) is 11.1. The van der Waals surface area contributed by atoms with Gasteiger partial charge in [-0.2, -0.15) is 0 Å². The van der Waals surface area contributed by atoms with Gasteiger partial charge in [-0.25, -0.2) is 4.79 Å². The molecular weight excluding hydrogens is 418 g/mol. The molecule has 0 aliphatic heterocycles. The molecule has 0 saturated carbocycles. The number of carboxylic acid groups (broad SMARTS) is 1. The van der Waals surface area contributed by atoms with E-state index in [2.05, 4.69) is 5.32 Å². The van der Waals surface area contributed by atoms with Crippen LogP contribution in [-0.4, -0.2) is 46.6 Å². The molecule has 6 heteroatoms. The molecule has 0 spiro atoms. The van der Waals surface area contributed by atoms with Crippen LogP contribution in [0.2, 0.25) is 0 Å². The molecule has 3 aromatic carbocycles. The zero-order chi connectivity index (χ0) is 23.8. The van der Waals surface area contributed by atoms with Crippen LogP contribution in [0.3, 0.4) is 0 Å². The van der Waals surface area contributed by atoms with Crippen LogP contribution in [0, 0.1) is 0 Å². The quantitative estimate of drug-likeness (QED) is 0.352. The van der Waals surface area contributed by atoms with Gasteiger partial charge in [0.15, 0.2) is 0 Å². The van der Waals surface area contributed by atoms with Crippen LogP contribution in [-0.2, 0) is 6.42 Å². The van der Waals surface area contributed by atoms with E-state index in [0.717, 1.165) is 22.3 Å². The van der Waals surface area contributed by atoms with E-state index in [9.17, 15) is 20.1 Å². The number of aliphatic hydroxyl groups is 2. The average molecular weight is 450 g/mol. The third kappa shape index (κ3) is 6.89. The Hall–Kier alpha value is -3.19. The Morgan fingerprint density at radius 1 is 0.970 bits per heavy atom. The number of rotatable bonds is 11. The molecule has 3 rings (SSSR count). The number of carbonyl (C=O) groups is 1. The summed E-state index contributed by atoms with van der Waals surface area (Å²) in [6, 6.07) is 22.2. The highest BCUT2D eigenvalue weighted by molar-refractivity contribution is 5.92. The Labute approximate surface area is 194 Å². The maximum Gasteiger partial charge on any atom is 0.339 e. The van der Waals surface area contributed by atoms with Crippen LogP contribution < -0.4 is 10.1 Å². The monoisotopic (exact) mass is 449 g/mol. The number of aromatic carboxylic acids is 1. The lowest BCUT2D eigenvalue weighted by Gasteiger charge is -2.19. The number of hydrogen-bond acceptors (Lipinski definition) is 5. The van der Waals surface area contributed by atoms with Crippen molar-refractivity contribution in [3.05, 3.63) is 89.5 Å². The molecule has 3 aromatic rings. The largest absolute Gasteiger partial charge is 0.490 e. The van der Waals surface area contributed by atoms with Gasteiger partial charge in [0.05, 0.1) is 18.8 Å². The summed E-state index contributed by atoms with van der Waals surface area (Å²) < 4.78 is 5.70. The van der Waals surface area contributed by atoms with Crippen LogP contribution in [0.4, 0.5) is 0 Å². The second-order valence-electron chi connectivity index (χ2n) is 8.30. The molecule has 0 amide bonds. The molecule has 0 radical (unpaired) electrons. The van der Waals surface area contributed by atoms with Crippen molar-refractivity contribution in [2.24, 2.45) is 0 Å². The second kappa shape index (κ2) is 11.6. The minimum absolute atomic E-state index is 0.0458. The van der Waals surface area contributed by atoms with Gasteiger partial charge in [-0.1, -0.05) is 60.7 Å². The Kier molecular flexibility index (Phi) is 8.60. The molecule has 0 aromatic heterocycles. The zero-order valence-electron chi connectivity index (χ0n) is 18.9. The van der Waals surface area contributed by atoms with Gasteiger partial charge in [0, 0.05) is 12.6 Å². The lowest BCUT2D eigenvalue weighted by Crippen LogP contribution is -2.37. The van der Waals surface area contributed by atoms with E-state index in [-0.39, 0.29) is 24.3 Å². The molecule has 0 saturated heterocycles. The lowest BCUT2D eigenvalue weighted by atomic mass is 9.99. The minimum atomic E-state index is -1.02. The molecule has 0 heterocycles. The van der Waals surface area contributed by atoms with E-state index in [4.69, 9.17) is 4.74 Å². The third-order valence-electron chi connectivity index (χ3n) is 5.35. The maximum absolute atomic E-state index is 11.5. The molecule has 6 nitrogen and oxygen atoms in total. The molecule has 0 aliphatic carbocycles. The van der Waals surface area contributed by atoms with E-state index in [1.54, 1.807) is 18.2 Å². The topological polar surface area (TPSA) is 99.0 Å². The summed E-state index contributed by atoms with van der Waals surface area (Å²) in [4.78, 5) is 11.5. The molecule has 174 valence electrons. The Bertz CT molecular complexity index is 1030. The second-order valence-corrected chi connectivity index (χ2v) is 8.30. The maximum atomic E-state index is 11.5. The number of hydrogen-bond donors (Lipinski definition) is 4. The van der Waals surface area contributed by atoms with Gasteiger partial charge in [-0.05, 0) is 54.7 Å². The highest BCUT2D eigenvalue weighted by atomic mass is 16.5. The van der Waals surface area contributed by atoms with Crippen LogP contribution >= 0.6 is 0 Å². The summed E-state index contributed by atoms with van der Waals surface area (Å²) in [7, 11) is 0. The van der Waals surface area contributed by atoms with Crippen molar-refractivity contribution in [1.82, 2.24) is 5.32 Å². The van der Waals surface area contributed by atoms with Crippen molar-refractivity contribution in [3.8, 4) is 16.9 Å². The predicted molar refractivity (Wildman–Crippen MR) is 129 cm³/mol. The Balaban J connectivity index is 1.66. The van der Waals surface area contributed by atoms with E-state index >= 15 is 0 Å². The molecule has 0 aliphatic rings. The normalized spacial score (nSPS) is 13.0. The van der Waals surface area contributed by atoms with Gasteiger partial charge >= 0.3 is 5.97 Å². The summed E-state index contributed by atoms with van der Waals surface area (Å²) in [5.74, 6) is -0.673. The van der Waals surface area contributed by atoms with Gasteiger partial charge in [0.2, 0.25) is 0 Å². The van der Waals surface area contributed by atoms with Crippen molar-refractivity contribution in [3.63, 3.8) is 0 Å². The fourth-order valence-electron chi connectivity index (χ4n) is 3.62. The number of aliphatic hydroxyl groups excluding tert-OH is 2. The van der Waals surface area contributed by atoms with Gasteiger partial charge in [0.25, 0.3) is 0 Å². The number of ether oxygens (including phenoxy) is 1. The molecule has 0 fully saturated rings. The number of nitrogens with one attached hydrogen (secondary N) is 1. The first kappa shape index (κ1) is 24.5. The van der Waals surface area contributed by atoms with Crippen molar-refractivity contribution < 1.29 is 24.9 Å². The molecule has 0 unspecified atom stereocenters. The van der Waals surface area contributed by atoms with Crippen LogP contribution in [0.5, 0.6) is 5.75 Å². The summed E-state index contributed by atoms with van der Waals surface area (Å²) >= 11 is 0. The molecule has 2 atom stereocenters. The third-order valence-corrected chi connectivity index (χ3v) is 5.35. The molecular formula is C27H31NO5.